The smallest absolute Gasteiger partial charge is 0.276 e. The molecular formula is C93H78Cl6F9N21O6. The number of hydrogen-bond acceptors (Lipinski definition) is 21. The Morgan fingerprint density at radius 3 is 0.800 bits per heavy atom. The summed E-state index contributed by atoms with van der Waals surface area (Å²) in [5.74, 6) is -15.4. The first-order chi connectivity index (χ1) is 64.0. The van der Waals surface area contributed by atoms with E-state index in [0.29, 0.717) is 50.8 Å². The van der Waals surface area contributed by atoms with Gasteiger partial charge in [0.1, 0.15) is 66.9 Å². The van der Waals surface area contributed by atoms with Gasteiger partial charge in [0.2, 0.25) is 17.7 Å². The Bertz CT molecular complexity index is 6650. The van der Waals surface area contributed by atoms with Crippen molar-refractivity contribution >= 4 is 155 Å². The highest BCUT2D eigenvalue weighted by Crippen LogP contribution is 2.48. The lowest BCUT2D eigenvalue weighted by Gasteiger charge is -2.36. The van der Waals surface area contributed by atoms with Crippen LogP contribution in [-0.4, -0.2) is 155 Å². The summed E-state index contributed by atoms with van der Waals surface area (Å²) in [5.41, 5.74) is 11.2. The van der Waals surface area contributed by atoms with Crippen LogP contribution in [0.25, 0.3) is 83.9 Å². The molecule has 15 rings (SSSR count). The Balaban J connectivity index is 0.000000171. The number of nitrogens with zero attached hydrogens (tertiary/aromatic N) is 18. The second-order valence-electron chi connectivity index (χ2n) is 32.2. The van der Waals surface area contributed by atoms with Gasteiger partial charge in [-0.3, -0.25) is 57.4 Å². The molecule has 0 unspecified atom stereocenters. The molecule has 9 aromatic heterocycles. The number of nitrogen functional groups attached to an aromatic ring is 3. The number of aromatic nitrogens is 9. The lowest BCUT2D eigenvalue weighted by molar-refractivity contribution is -0.127. The highest BCUT2D eigenvalue weighted by atomic mass is 35.5. The molecular weight excluding hydrogens is 1890 g/mol. The van der Waals surface area contributed by atoms with E-state index in [9.17, 15) is 57.7 Å². The number of rotatable bonds is 15. The van der Waals surface area contributed by atoms with E-state index >= 15 is 26.3 Å². The number of anilines is 6. The zero-order chi connectivity index (χ0) is 98.7. The Hall–Kier alpha value is -13.8. The summed E-state index contributed by atoms with van der Waals surface area (Å²) in [6, 6.07) is 15.0. The number of nitrogens with two attached hydrogens (primary N) is 3. The number of fused-ring (bicyclic) bond motifs is 3. The van der Waals surface area contributed by atoms with Gasteiger partial charge in [-0.25, -0.2) is 54.5 Å². The summed E-state index contributed by atoms with van der Waals surface area (Å²) >= 11 is 36.9. The minimum Gasteiger partial charge on any atom is -0.395 e. The lowest BCUT2D eigenvalue weighted by atomic mass is 10.0. The van der Waals surface area contributed by atoms with Crippen molar-refractivity contribution in [3.8, 4) is 69.0 Å². The molecule has 0 atom stereocenters. The minimum atomic E-state index is -1.67. The molecule has 42 heteroatoms. The summed E-state index contributed by atoms with van der Waals surface area (Å²) in [6.45, 7) is 29.9. The number of hydrogen-bond donors (Lipinski definition) is 3. The Morgan fingerprint density at radius 2 is 0.600 bits per heavy atom. The molecule has 135 heavy (non-hydrogen) atoms. The van der Waals surface area contributed by atoms with E-state index in [-0.39, 0.29) is 196 Å². The van der Waals surface area contributed by atoms with Crippen molar-refractivity contribution in [3.63, 3.8) is 0 Å². The largest absolute Gasteiger partial charge is 0.395 e. The highest BCUT2D eigenvalue weighted by molar-refractivity contribution is 6.37. The number of carbonyl (C=O) groups excluding carboxylic acids is 3. The second kappa shape index (κ2) is 39.4. The molecule has 0 aliphatic carbocycles. The predicted molar refractivity (Wildman–Crippen MR) is 502 cm³/mol. The van der Waals surface area contributed by atoms with Crippen molar-refractivity contribution in [1.82, 2.24) is 58.3 Å². The summed E-state index contributed by atoms with van der Waals surface area (Å²) in [6.07, 6.45) is 8.32. The number of carbonyl (C=O) groups is 3. The van der Waals surface area contributed by atoms with Crippen molar-refractivity contribution in [2.75, 3.05) is 110 Å². The molecule has 0 saturated carbocycles. The fourth-order valence-electron chi connectivity index (χ4n) is 16.5. The Kier molecular flexibility index (Phi) is 28.8. The average molecular weight is 1970 g/mol. The fraction of sp³-hybridized carbons (Fsp3) is 0.258. The van der Waals surface area contributed by atoms with E-state index in [1.807, 2.05) is 59.8 Å². The van der Waals surface area contributed by atoms with Crippen LogP contribution in [-0.2, 0) is 14.4 Å². The summed E-state index contributed by atoms with van der Waals surface area (Å²) in [7, 11) is 0. The van der Waals surface area contributed by atoms with Crippen LogP contribution in [0, 0.1) is 107 Å². The van der Waals surface area contributed by atoms with Gasteiger partial charge in [0.05, 0.1) is 117 Å². The average Bonchev–Trinajstić information content (AvgIpc) is 0.728. The molecule has 27 nitrogen and oxygen atoms in total. The molecule has 3 aromatic carbocycles. The summed E-state index contributed by atoms with van der Waals surface area (Å²) in [5, 5.41) is 27.9. The van der Waals surface area contributed by atoms with Gasteiger partial charge in [-0.2, -0.15) is 15.8 Å². The standard InChI is InChI=1S/3C31H26Cl2F3N7O2/c3*1-5-19(44)41-8-10-42(11-9-41)29-16-12-18(32)27(20-22(34)24(36)21(33)25(38)23(20)35)40-30(16)43(31(45)17(29)13-37)28-15(4)6-7-39-26(28)14(2)3/h3*5-7,12,14H,1,8-11,38H2,2-4H3. The third-order valence-electron chi connectivity index (χ3n) is 23.2. The topological polar surface area (TPSA) is 363 Å². The van der Waals surface area contributed by atoms with E-state index in [1.165, 1.54) is 36.4 Å². The maximum absolute atomic E-state index is 15.4. The molecule has 0 spiro atoms. The number of aryl methyl sites for hydroxylation is 3. The molecule has 3 aliphatic heterocycles. The molecule has 696 valence electrons. The van der Waals surface area contributed by atoms with Crippen LogP contribution in [0.1, 0.15) is 110 Å². The van der Waals surface area contributed by atoms with E-state index in [4.69, 9.17) is 86.8 Å². The minimum absolute atomic E-state index is 0.122. The van der Waals surface area contributed by atoms with E-state index < -0.39 is 135 Å². The number of piperazine rings is 3. The van der Waals surface area contributed by atoms with Gasteiger partial charge in [-0.15, -0.1) is 0 Å². The zero-order valence-corrected chi connectivity index (χ0v) is 77.7. The molecule has 0 bridgehead atoms. The highest BCUT2D eigenvalue weighted by Gasteiger charge is 2.39. The van der Waals surface area contributed by atoms with Crippen LogP contribution in [0.4, 0.5) is 73.6 Å². The lowest BCUT2D eigenvalue weighted by Crippen LogP contribution is -2.49. The molecule has 3 aliphatic rings. The van der Waals surface area contributed by atoms with Crippen molar-refractivity contribution < 1.29 is 53.9 Å². The first kappa shape index (κ1) is 98.7. The van der Waals surface area contributed by atoms with Crippen LogP contribution in [0.2, 0.25) is 30.1 Å². The summed E-state index contributed by atoms with van der Waals surface area (Å²) in [4.78, 5) is 116. The number of amides is 3. The van der Waals surface area contributed by atoms with Gasteiger partial charge >= 0.3 is 0 Å². The van der Waals surface area contributed by atoms with E-state index in [1.54, 1.807) is 87.0 Å². The van der Waals surface area contributed by atoms with Crippen LogP contribution < -0.4 is 48.6 Å². The van der Waals surface area contributed by atoms with Gasteiger partial charge in [0.15, 0.2) is 52.4 Å². The molecule has 3 saturated heterocycles. The van der Waals surface area contributed by atoms with E-state index in [0.717, 1.165) is 13.7 Å². The van der Waals surface area contributed by atoms with E-state index in [2.05, 4.69) is 49.6 Å². The maximum atomic E-state index is 15.4. The van der Waals surface area contributed by atoms with Crippen LogP contribution in [0.5, 0.6) is 0 Å². The quantitative estimate of drug-likeness (QED) is 0.0282. The van der Waals surface area contributed by atoms with Gasteiger partial charge in [0.25, 0.3) is 16.7 Å². The number of nitriles is 3. The molecule has 3 fully saturated rings. The first-order valence-corrected chi connectivity index (χ1v) is 43.6. The first-order valence-electron chi connectivity index (χ1n) is 41.3. The predicted octanol–water partition coefficient (Wildman–Crippen LogP) is 17.7. The van der Waals surface area contributed by atoms with Crippen LogP contribution >= 0.6 is 69.6 Å². The monoisotopic (exact) mass is 1970 g/mol. The summed E-state index contributed by atoms with van der Waals surface area (Å²) < 4.78 is 140. The van der Waals surface area contributed by atoms with Gasteiger partial charge in [0, 0.05) is 113 Å². The van der Waals surface area contributed by atoms with Crippen LogP contribution in [0.3, 0.4) is 0 Å². The van der Waals surface area contributed by atoms with Crippen molar-refractivity contribution in [2.45, 2.75) is 80.1 Å². The van der Waals surface area contributed by atoms with Gasteiger partial charge < -0.3 is 46.6 Å². The molecule has 6 N–H and O–H groups in total. The third kappa shape index (κ3) is 17.5. The Labute approximate surface area is 794 Å². The van der Waals surface area contributed by atoms with Gasteiger partial charge in [-0.1, -0.05) is 131 Å². The maximum Gasteiger partial charge on any atom is 0.276 e. The second-order valence-corrected chi connectivity index (χ2v) is 34.6. The van der Waals surface area contributed by atoms with Crippen LogP contribution in [0.15, 0.2) is 107 Å². The molecule has 12 aromatic rings. The number of benzene rings is 3. The normalized spacial score (nSPS) is 13.4. The molecule has 12 heterocycles. The molecule has 3 amide bonds. The van der Waals surface area contributed by atoms with Crippen molar-refractivity contribution in [3.05, 3.63) is 257 Å². The molecule has 0 radical (unpaired) electrons. The van der Waals surface area contributed by atoms with Gasteiger partial charge in [-0.05, 0) is 110 Å². The SMILES string of the molecule is C=CC(=O)N1CCN(c2c(C#N)c(=O)n(-c3c(C)ccnc3C(C)C)c3nc(-c4c(F)c(N)c(Cl)c(F)c4F)c(Cl)cc23)CC1.C=CC(=O)N1CCN(c2c(C#N)c(=O)n(-c3c(C)ccnc3C(C)C)c3nc(-c4c(F)c(N)c(Cl)c(F)c4F)c(Cl)cc23)CC1.C=CC(=O)N1CCN(c2c(C#N)c(=O)n(-c3c(C)ccnc3C(C)C)c3nc(-c4c(F)c(N)c(Cl)c(F)c4F)c(Cl)cc23)CC1. The third-order valence-corrected chi connectivity index (χ3v) is 25.2. The van der Waals surface area contributed by atoms with Crippen molar-refractivity contribution in [1.29, 1.82) is 15.8 Å². The zero-order valence-electron chi connectivity index (χ0n) is 73.2. The number of halogens is 15. The number of pyridine rings is 9. The van der Waals surface area contributed by atoms with Crippen molar-refractivity contribution in [2.24, 2.45) is 0 Å². The fourth-order valence-corrected chi connectivity index (χ4v) is 17.7. The Morgan fingerprint density at radius 1 is 0.378 bits per heavy atom.